The minimum Gasteiger partial charge on any atom is -0.383 e. The van der Waals surface area contributed by atoms with Gasteiger partial charge in [-0.3, -0.25) is 9.48 Å². The van der Waals surface area contributed by atoms with Crippen molar-refractivity contribution in [1.29, 1.82) is 0 Å². The molecule has 0 radical (unpaired) electrons. The number of anilines is 1. The van der Waals surface area contributed by atoms with E-state index in [9.17, 15) is 4.79 Å². The third-order valence-electron chi connectivity index (χ3n) is 2.99. The third kappa shape index (κ3) is 2.94. The van der Waals surface area contributed by atoms with Crippen LogP contribution in [0.3, 0.4) is 0 Å². The first-order valence-electron chi connectivity index (χ1n) is 5.85. The Bertz CT molecular complexity index is 398. The van der Waals surface area contributed by atoms with Crippen molar-refractivity contribution in [3.63, 3.8) is 0 Å². The first kappa shape index (κ1) is 12.3. The number of carbonyl (C=O) groups excluding carboxylic acids is 1. The maximum atomic E-state index is 11.9. The summed E-state index contributed by atoms with van der Waals surface area (Å²) in [5.74, 6) is 1.50. The quantitative estimate of drug-likeness (QED) is 0.844. The number of carbonyl (C=O) groups is 1. The molecule has 0 saturated carbocycles. The zero-order chi connectivity index (χ0) is 12.3. The number of aromatic nitrogens is 2. The predicted molar refractivity (Wildman–Crippen MR) is 70.1 cm³/mol. The lowest BCUT2D eigenvalue weighted by Crippen LogP contribution is -2.32. The van der Waals surface area contributed by atoms with Gasteiger partial charge in [-0.15, -0.1) is 0 Å². The van der Waals surface area contributed by atoms with Crippen LogP contribution in [-0.2, 0) is 7.05 Å². The maximum Gasteiger partial charge on any atom is 0.256 e. The Morgan fingerprint density at radius 2 is 2.53 bits per heavy atom. The summed E-state index contributed by atoms with van der Waals surface area (Å²) >= 11 is 1.94. The van der Waals surface area contributed by atoms with Crippen molar-refractivity contribution in [2.45, 2.75) is 24.5 Å². The average Bonchev–Trinajstić information content (AvgIpc) is 2.69. The number of nitrogens with zero attached hydrogens (tertiary/aromatic N) is 2. The van der Waals surface area contributed by atoms with Gasteiger partial charge in [0.15, 0.2) is 0 Å². The van der Waals surface area contributed by atoms with Crippen LogP contribution in [0.25, 0.3) is 0 Å². The molecule has 17 heavy (non-hydrogen) atoms. The Labute approximate surface area is 105 Å². The number of hydrogen-bond acceptors (Lipinski definition) is 4. The summed E-state index contributed by atoms with van der Waals surface area (Å²) in [4.78, 5) is 11.9. The number of hydrogen-bond donors (Lipinski definition) is 2. The van der Waals surface area contributed by atoms with Crippen LogP contribution in [0.2, 0.25) is 0 Å². The monoisotopic (exact) mass is 254 g/mol. The molecule has 0 spiro atoms. The first-order valence-corrected chi connectivity index (χ1v) is 6.90. The highest BCUT2D eigenvalue weighted by Crippen LogP contribution is 2.24. The summed E-state index contributed by atoms with van der Waals surface area (Å²) in [6, 6.07) is 0. The van der Waals surface area contributed by atoms with E-state index in [2.05, 4.69) is 10.4 Å². The molecule has 0 aromatic carbocycles. The number of nitrogens with two attached hydrogens (primary N) is 1. The minimum absolute atomic E-state index is 0.123. The molecule has 0 aliphatic carbocycles. The van der Waals surface area contributed by atoms with Crippen molar-refractivity contribution >= 4 is 23.5 Å². The highest BCUT2D eigenvalue weighted by Gasteiger charge is 2.17. The highest BCUT2D eigenvalue weighted by molar-refractivity contribution is 7.99. The molecule has 1 aromatic rings. The van der Waals surface area contributed by atoms with Crippen LogP contribution in [0.4, 0.5) is 5.82 Å². The van der Waals surface area contributed by atoms with Crippen molar-refractivity contribution < 1.29 is 4.79 Å². The zero-order valence-corrected chi connectivity index (χ0v) is 10.8. The summed E-state index contributed by atoms with van der Waals surface area (Å²) in [6.07, 6.45) is 5.26. The summed E-state index contributed by atoms with van der Waals surface area (Å²) in [5.41, 5.74) is 6.21. The smallest absolute Gasteiger partial charge is 0.256 e. The van der Waals surface area contributed by atoms with E-state index in [0.717, 1.165) is 6.54 Å². The summed E-state index contributed by atoms with van der Waals surface area (Å²) in [7, 11) is 1.73. The van der Waals surface area contributed by atoms with Gasteiger partial charge in [0.25, 0.3) is 5.91 Å². The van der Waals surface area contributed by atoms with E-state index < -0.39 is 0 Å². The van der Waals surface area contributed by atoms with Gasteiger partial charge in [-0.25, -0.2) is 0 Å². The minimum atomic E-state index is -0.123. The summed E-state index contributed by atoms with van der Waals surface area (Å²) < 4.78 is 1.50. The normalized spacial score (nSPS) is 20.2. The highest BCUT2D eigenvalue weighted by atomic mass is 32.2. The Hall–Kier alpha value is -1.17. The van der Waals surface area contributed by atoms with Crippen LogP contribution in [0.1, 0.15) is 29.6 Å². The topological polar surface area (TPSA) is 72.9 Å². The fraction of sp³-hybridized carbons (Fsp3) is 0.636. The molecule has 1 aromatic heterocycles. The first-order chi connectivity index (χ1) is 8.18. The fourth-order valence-electron chi connectivity index (χ4n) is 1.89. The Kier molecular flexibility index (Phi) is 3.93. The van der Waals surface area contributed by atoms with Gasteiger partial charge < -0.3 is 11.1 Å². The number of nitrogens with one attached hydrogen (secondary N) is 1. The Balaban J connectivity index is 1.86. The Morgan fingerprint density at radius 1 is 1.71 bits per heavy atom. The number of thioether (sulfide) groups is 1. The third-order valence-corrected chi connectivity index (χ3v) is 4.39. The molecule has 6 heteroatoms. The molecular weight excluding hydrogens is 236 g/mol. The van der Waals surface area contributed by atoms with E-state index in [4.69, 9.17) is 5.73 Å². The van der Waals surface area contributed by atoms with Crippen molar-refractivity contribution in [3.8, 4) is 0 Å². The molecule has 2 rings (SSSR count). The second-order valence-electron chi connectivity index (χ2n) is 4.27. The van der Waals surface area contributed by atoms with Crippen LogP contribution in [0, 0.1) is 0 Å². The van der Waals surface area contributed by atoms with E-state index in [1.54, 1.807) is 7.05 Å². The van der Waals surface area contributed by atoms with Crippen molar-refractivity contribution in [1.82, 2.24) is 15.1 Å². The lowest BCUT2D eigenvalue weighted by Gasteiger charge is -2.21. The van der Waals surface area contributed by atoms with E-state index in [1.807, 2.05) is 11.8 Å². The van der Waals surface area contributed by atoms with E-state index in [-0.39, 0.29) is 5.91 Å². The molecule has 0 bridgehead atoms. The lowest BCUT2D eigenvalue weighted by molar-refractivity contribution is 0.0954. The molecule has 1 fully saturated rings. The average molecular weight is 254 g/mol. The van der Waals surface area contributed by atoms with Crippen molar-refractivity contribution in [3.05, 3.63) is 11.8 Å². The largest absolute Gasteiger partial charge is 0.383 e. The number of nitrogen functional groups attached to an aromatic ring is 1. The molecule has 1 atom stereocenters. The van der Waals surface area contributed by atoms with Gasteiger partial charge >= 0.3 is 0 Å². The van der Waals surface area contributed by atoms with E-state index >= 15 is 0 Å². The van der Waals surface area contributed by atoms with Gasteiger partial charge in [0.1, 0.15) is 11.4 Å². The van der Waals surface area contributed by atoms with Crippen LogP contribution in [-0.4, -0.2) is 33.2 Å². The second-order valence-corrected chi connectivity index (χ2v) is 5.67. The van der Waals surface area contributed by atoms with Crippen LogP contribution < -0.4 is 11.1 Å². The molecule has 1 saturated heterocycles. The molecular formula is C11H18N4OS. The lowest BCUT2D eigenvalue weighted by atomic mass is 10.2. The molecule has 2 heterocycles. The van der Waals surface area contributed by atoms with Crippen LogP contribution in [0.15, 0.2) is 6.20 Å². The Morgan fingerprint density at radius 3 is 3.12 bits per heavy atom. The SMILES string of the molecule is Cn1ncc(C(=O)NCC2CCCCS2)c1N. The molecule has 94 valence electrons. The molecule has 1 amide bonds. The summed E-state index contributed by atoms with van der Waals surface area (Å²) in [5, 5.41) is 7.43. The van der Waals surface area contributed by atoms with Gasteiger partial charge in [0.2, 0.25) is 0 Å². The van der Waals surface area contributed by atoms with E-state index in [1.165, 1.54) is 35.9 Å². The molecule has 1 aliphatic rings. The van der Waals surface area contributed by atoms with Crippen molar-refractivity contribution in [2.75, 3.05) is 18.0 Å². The molecule has 3 N–H and O–H groups in total. The van der Waals surface area contributed by atoms with Crippen molar-refractivity contribution in [2.24, 2.45) is 7.05 Å². The fourth-order valence-corrected chi connectivity index (χ4v) is 3.13. The molecule has 5 nitrogen and oxygen atoms in total. The predicted octanol–water partition coefficient (Wildman–Crippen LogP) is 1.02. The molecule has 1 aliphatic heterocycles. The van der Waals surface area contributed by atoms with Gasteiger partial charge in [-0.2, -0.15) is 16.9 Å². The second kappa shape index (κ2) is 5.44. The zero-order valence-electron chi connectivity index (χ0n) is 9.98. The number of aryl methyl sites for hydroxylation is 1. The summed E-state index contributed by atoms with van der Waals surface area (Å²) in [6.45, 7) is 0.720. The van der Waals surface area contributed by atoms with E-state index in [0.29, 0.717) is 16.6 Å². The van der Waals surface area contributed by atoms with Crippen LogP contribution >= 0.6 is 11.8 Å². The van der Waals surface area contributed by atoms with Gasteiger partial charge in [-0.05, 0) is 18.6 Å². The van der Waals surface area contributed by atoms with Gasteiger partial charge in [0.05, 0.1) is 6.20 Å². The number of amides is 1. The standard InChI is InChI=1S/C11H18N4OS/c1-15-10(12)9(7-14-15)11(16)13-6-8-4-2-3-5-17-8/h7-8H,2-6,12H2,1H3,(H,13,16). The van der Waals surface area contributed by atoms with Crippen LogP contribution in [0.5, 0.6) is 0 Å². The van der Waals surface area contributed by atoms with Gasteiger partial charge in [0, 0.05) is 18.8 Å². The molecule has 1 unspecified atom stereocenters. The van der Waals surface area contributed by atoms with Gasteiger partial charge in [-0.1, -0.05) is 6.42 Å². The maximum absolute atomic E-state index is 11.9. The number of rotatable bonds is 3.